The van der Waals surface area contributed by atoms with E-state index < -0.39 is 12.4 Å². The molecule has 20 heavy (non-hydrogen) atoms. The predicted octanol–water partition coefficient (Wildman–Crippen LogP) is 4.29. The Labute approximate surface area is 118 Å². The Balaban J connectivity index is 2.29. The van der Waals surface area contributed by atoms with Crippen molar-refractivity contribution in [2.75, 3.05) is 0 Å². The fourth-order valence-electron chi connectivity index (χ4n) is 1.81. The van der Waals surface area contributed by atoms with Crippen LogP contribution in [0.1, 0.15) is 17.2 Å². The lowest BCUT2D eigenvalue weighted by atomic mass is 9.99. The van der Waals surface area contributed by atoms with E-state index in [-0.39, 0.29) is 5.75 Å². The topological polar surface area (TPSA) is 35.2 Å². The molecule has 0 bridgehead atoms. The van der Waals surface area contributed by atoms with Crippen LogP contribution in [0.15, 0.2) is 48.5 Å². The Hall–Kier alpha value is -1.72. The van der Waals surface area contributed by atoms with E-state index in [2.05, 4.69) is 4.74 Å². The number of ether oxygens (including phenoxy) is 1. The van der Waals surface area contributed by atoms with Crippen molar-refractivity contribution in [3.63, 3.8) is 0 Å². The normalized spacial score (nSPS) is 13.1. The Bertz CT molecular complexity index is 601. The maximum Gasteiger partial charge on any atom is 0.573 e. The molecule has 2 aromatic rings. The van der Waals surface area contributed by atoms with Crippen LogP contribution in [0.2, 0.25) is 5.02 Å². The van der Waals surface area contributed by atoms with Gasteiger partial charge in [0.05, 0.1) is 6.04 Å². The van der Waals surface area contributed by atoms with Gasteiger partial charge in [-0.2, -0.15) is 0 Å². The lowest BCUT2D eigenvalue weighted by molar-refractivity contribution is -0.274. The second kappa shape index (κ2) is 5.73. The van der Waals surface area contributed by atoms with Crippen LogP contribution in [0.5, 0.6) is 5.75 Å². The summed E-state index contributed by atoms with van der Waals surface area (Å²) in [6.45, 7) is 0. The van der Waals surface area contributed by atoms with Crippen molar-refractivity contribution in [2.45, 2.75) is 12.4 Å². The van der Waals surface area contributed by atoms with Gasteiger partial charge in [0.25, 0.3) is 0 Å². The van der Waals surface area contributed by atoms with E-state index in [0.29, 0.717) is 16.1 Å². The van der Waals surface area contributed by atoms with Crippen molar-refractivity contribution in [3.8, 4) is 5.75 Å². The van der Waals surface area contributed by atoms with E-state index in [0.717, 1.165) is 0 Å². The van der Waals surface area contributed by atoms with Gasteiger partial charge in [-0.3, -0.25) is 0 Å². The molecule has 2 rings (SSSR count). The molecule has 106 valence electrons. The molecular weight excluding hydrogens is 291 g/mol. The molecule has 0 fully saturated rings. The van der Waals surface area contributed by atoms with E-state index >= 15 is 0 Å². The van der Waals surface area contributed by atoms with Crippen LogP contribution in [0.3, 0.4) is 0 Å². The average molecular weight is 302 g/mol. The SMILES string of the molecule is NC(c1cccc(OC(F)(F)F)c1)c1ccccc1Cl. The molecule has 2 nitrogen and oxygen atoms in total. The summed E-state index contributed by atoms with van der Waals surface area (Å²) < 4.78 is 40.4. The standard InChI is InChI=1S/C14H11ClF3NO/c15-12-7-2-1-6-11(12)13(19)9-4-3-5-10(8-9)20-14(16,17)18/h1-8,13H,19H2. The summed E-state index contributed by atoms with van der Waals surface area (Å²) in [4.78, 5) is 0. The number of rotatable bonds is 3. The highest BCUT2D eigenvalue weighted by Crippen LogP contribution is 2.29. The highest BCUT2D eigenvalue weighted by Gasteiger charge is 2.31. The molecule has 2 N–H and O–H groups in total. The van der Waals surface area contributed by atoms with Crippen LogP contribution in [0.4, 0.5) is 13.2 Å². The van der Waals surface area contributed by atoms with E-state index in [1.165, 1.54) is 18.2 Å². The lowest BCUT2D eigenvalue weighted by Crippen LogP contribution is -2.18. The van der Waals surface area contributed by atoms with Gasteiger partial charge >= 0.3 is 6.36 Å². The van der Waals surface area contributed by atoms with Crippen LogP contribution < -0.4 is 10.5 Å². The van der Waals surface area contributed by atoms with Crippen LogP contribution >= 0.6 is 11.6 Å². The summed E-state index contributed by atoms with van der Waals surface area (Å²) in [7, 11) is 0. The van der Waals surface area contributed by atoms with Crippen molar-refractivity contribution in [3.05, 3.63) is 64.7 Å². The minimum atomic E-state index is -4.73. The Kier molecular flexibility index (Phi) is 4.20. The maximum atomic E-state index is 12.2. The number of hydrogen-bond acceptors (Lipinski definition) is 2. The largest absolute Gasteiger partial charge is 0.573 e. The maximum absolute atomic E-state index is 12.2. The molecule has 0 radical (unpaired) electrons. The molecule has 1 atom stereocenters. The fourth-order valence-corrected chi connectivity index (χ4v) is 2.07. The van der Waals surface area contributed by atoms with Gasteiger partial charge in [-0.15, -0.1) is 13.2 Å². The van der Waals surface area contributed by atoms with E-state index in [1.807, 2.05) is 0 Å². The monoisotopic (exact) mass is 301 g/mol. The third kappa shape index (κ3) is 3.65. The van der Waals surface area contributed by atoms with Gasteiger partial charge in [0.15, 0.2) is 0 Å². The van der Waals surface area contributed by atoms with E-state index in [4.69, 9.17) is 17.3 Å². The van der Waals surface area contributed by atoms with Crippen molar-refractivity contribution in [2.24, 2.45) is 5.73 Å². The third-order valence-corrected chi connectivity index (χ3v) is 3.04. The van der Waals surface area contributed by atoms with E-state index in [1.54, 1.807) is 30.3 Å². The Morgan fingerprint density at radius 3 is 2.40 bits per heavy atom. The van der Waals surface area contributed by atoms with Gasteiger partial charge in [-0.1, -0.05) is 41.9 Å². The second-order valence-electron chi connectivity index (χ2n) is 4.12. The molecule has 0 aliphatic rings. The van der Waals surface area contributed by atoms with Crippen LogP contribution in [-0.2, 0) is 0 Å². The first-order valence-electron chi connectivity index (χ1n) is 5.72. The van der Waals surface area contributed by atoms with Gasteiger partial charge in [-0.05, 0) is 29.3 Å². The van der Waals surface area contributed by atoms with Crippen molar-refractivity contribution in [1.82, 2.24) is 0 Å². The summed E-state index contributed by atoms with van der Waals surface area (Å²) in [5.74, 6) is -0.308. The Morgan fingerprint density at radius 1 is 1.05 bits per heavy atom. The zero-order chi connectivity index (χ0) is 14.8. The highest BCUT2D eigenvalue weighted by atomic mass is 35.5. The number of nitrogens with two attached hydrogens (primary N) is 1. The zero-order valence-corrected chi connectivity index (χ0v) is 10.9. The predicted molar refractivity (Wildman–Crippen MR) is 70.6 cm³/mol. The molecule has 2 aromatic carbocycles. The first-order chi connectivity index (χ1) is 9.37. The first kappa shape index (κ1) is 14.7. The van der Waals surface area contributed by atoms with Gasteiger partial charge in [0.2, 0.25) is 0 Å². The minimum absolute atomic E-state index is 0.308. The summed E-state index contributed by atoms with van der Waals surface area (Å²) in [5.41, 5.74) is 7.15. The molecule has 0 spiro atoms. The molecule has 0 aliphatic carbocycles. The van der Waals surface area contributed by atoms with Gasteiger partial charge in [-0.25, -0.2) is 0 Å². The van der Waals surface area contributed by atoms with E-state index in [9.17, 15) is 13.2 Å². The molecule has 1 unspecified atom stereocenters. The molecule has 0 aromatic heterocycles. The number of halogens is 4. The highest BCUT2D eigenvalue weighted by molar-refractivity contribution is 6.31. The lowest BCUT2D eigenvalue weighted by Gasteiger charge is -2.16. The Morgan fingerprint density at radius 2 is 1.75 bits per heavy atom. The summed E-state index contributed by atoms with van der Waals surface area (Å²) >= 11 is 6.02. The summed E-state index contributed by atoms with van der Waals surface area (Å²) in [5, 5.41) is 0.460. The second-order valence-corrected chi connectivity index (χ2v) is 4.53. The molecular formula is C14H11ClF3NO. The molecule has 0 aliphatic heterocycles. The van der Waals surface area contributed by atoms with Crippen molar-refractivity contribution >= 4 is 11.6 Å². The number of alkyl halides is 3. The van der Waals surface area contributed by atoms with Gasteiger partial charge < -0.3 is 10.5 Å². The number of benzene rings is 2. The van der Waals surface area contributed by atoms with Gasteiger partial charge in [0.1, 0.15) is 5.75 Å². The molecule has 0 saturated heterocycles. The summed E-state index contributed by atoms with van der Waals surface area (Å²) in [6, 6.07) is 11.8. The third-order valence-electron chi connectivity index (χ3n) is 2.69. The minimum Gasteiger partial charge on any atom is -0.406 e. The smallest absolute Gasteiger partial charge is 0.406 e. The first-order valence-corrected chi connectivity index (χ1v) is 6.10. The molecule has 0 heterocycles. The molecule has 0 amide bonds. The van der Waals surface area contributed by atoms with Crippen LogP contribution in [0.25, 0.3) is 0 Å². The zero-order valence-electron chi connectivity index (χ0n) is 10.2. The van der Waals surface area contributed by atoms with Gasteiger partial charge in [0, 0.05) is 5.02 Å². The summed E-state index contributed by atoms with van der Waals surface area (Å²) in [6.07, 6.45) is -4.73. The van der Waals surface area contributed by atoms with Crippen LogP contribution in [0, 0.1) is 0 Å². The molecule has 0 saturated carbocycles. The quantitative estimate of drug-likeness (QED) is 0.918. The van der Waals surface area contributed by atoms with Crippen molar-refractivity contribution in [1.29, 1.82) is 0 Å². The fraction of sp³-hybridized carbons (Fsp3) is 0.143. The number of hydrogen-bond donors (Lipinski definition) is 1. The molecule has 6 heteroatoms. The average Bonchev–Trinajstić information content (AvgIpc) is 2.37. The van der Waals surface area contributed by atoms with Crippen molar-refractivity contribution < 1.29 is 17.9 Å². The van der Waals surface area contributed by atoms with Crippen LogP contribution in [-0.4, -0.2) is 6.36 Å².